The van der Waals surface area contributed by atoms with E-state index < -0.39 is 0 Å². The van der Waals surface area contributed by atoms with Crippen LogP contribution in [0.25, 0.3) is 0 Å². The molecule has 2 nitrogen and oxygen atoms in total. The van der Waals surface area contributed by atoms with Crippen molar-refractivity contribution in [1.82, 2.24) is 0 Å². The summed E-state index contributed by atoms with van der Waals surface area (Å²) in [5.74, 6) is 1.35. The average Bonchev–Trinajstić information content (AvgIpc) is 2.61. The van der Waals surface area contributed by atoms with Crippen LogP contribution in [-0.4, -0.2) is 12.1 Å². The van der Waals surface area contributed by atoms with Gasteiger partial charge in [0.2, 0.25) is 0 Å². The van der Waals surface area contributed by atoms with Crippen LogP contribution in [0.1, 0.15) is 111 Å². The van der Waals surface area contributed by atoms with Crippen molar-refractivity contribution in [2.75, 3.05) is 0 Å². The Hall–Kier alpha value is -0.790. The van der Waals surface area contributed by atoms with Gasteiger partial charge in [0.1, 0.15) is 6.10 Å². The Balaban J connectivity index is 2.56. The predicted octanol–water partition coefficient (Wildman–Crippen LogP) is 7.22. The second-order valence-corrected chi connectivity index (χ2v) is 7.98. The van der Waals surface area contributed by atoms with E-state index in [1.165, 1.54) is 70.6 Å². The monoisotopic (exact) mass is 350 g/mol. The van der Waals surface area contributed by atoms with Gasteiger partial charge in [-0.2, -0.15) is 0 Å². The molecule has 0 spiro atoms. The molecule has 0 N–H and O–H groups in total. The summed E-state index contributed by atoms with van der Waals surface area (Å²) in [7, 11) is 0. The summed E-state index contributed by atoms with van der Waals surface area (Å²) in [5.41, 5.74) is 0. The average molecular weight is 351 g/mol. The molecule has 1 heterocycles. The maximum absolute atomic E-state index is 11.9. The summed E-state index contributed by atoms with van der Waals surface area (Å²) < 4.78 is 5.71. The van der Waals surface area contributed by atoms with Crippen LogP contribution in [0.15, 0.2) is 12.2 Å². The number of unbranched alkanes of at least 4 members (excludes halogenated alkanes) is 3. The number of rotatable bonds is 10. The van der Waals surface area contributed by atoms with Gasteiger partial charge < -0.3 is 4.74 Å². The molecule has 3 unspecified atom stereocenters. The molecule has 0 aliphatic carbocycles. The van der Waals surface area contributed by atoms with E-state index in [4.69, 9.17) is 4.74 Å². The molecule has 1 aliphatic heterocycles. The molecule has 0 radical (unpaired) electrons. The maximum atomic E-state index is 11.9. The van der Waals surface area contributed by atoms with Crippen LogP contribution < -0.4 is 0 Å². The molecule has 1 rings (SSSR count). The molecule has 0 aromatic carbocycles. The number of hydrogen-bond acceptors (Lipinski definition) is 2. The van der Waals surface area contributed by atoms with Crippen molar-refractivity contribution in [1.29, 1.82) is 0 Å². The first kappa shape index (κ1) is 22.3. The van der Waals surface area contributed by atoms with Gasteiger partial charge in [-0.3, -0.25) is 4.79 Å². The van der Waals surface area contributed by atoms with E-state index in [-0.39, 0.29) is 12.1 Å². The van der Waals surface area contributed by atoms with Gasteiger partial charge in [-0.1, -0.05) is 78.2 Å². The normalized spacial score (nSPS) is 22.5. The van der Waals surface area contributed by atoms with Crippen molar-refractivity contribution < 1.29 is 9.53 Å². The maximum Gasteiger partial charge on any atom is 0.306 e. The number of carbonyl (C=O) groups is 1. The van der Waals surface area contributed by atoms with E-state index in [1.54, 1.807) is 0 Å². The lowest BCUT2D eigenvalue weighted by atomic mass is 9.84. The molecule has 25 heavy (non-hydrogen) atoms. The lowest BCUT2D eigenvalue weighted by molar-refractivity contribution is -0.147. The summed E-state index contributed by atoms with van der Waals surface area (Å²) in [6, 6.07) is 0. The van der Waals surface area contributed by atoms with E-state index >= 15 is 0 Å². The fourth-order valence-corrected chi connectivity index (χ4v) is 3.82. The highest BCUT2D eigenvalue weighted by Crippen LogP contribution is 2.26. The lowest BCUT2D eigenvalue weighted by Gasteiger charge is -2.22. The van der Waals surface area contributed by atoms with Crippen LogP contribution in [0, 0.1) is 11.8 Å². The number of cyclic esters (lactones) is 1. The molecule has 3 atom stereocenters. The Kier molecular flexibility index (Phi) is 12.8. The molecule has 0 saturated carbocycles. The van der Waals surface area contributed by atoms with E-state index in [0.29, 0.717) is 12.3 Å². The number of esters is 1. The van der Waals surface area contributed by atoms with Crippen molar-refractivity contribution in [3.63, 3.8) is 0 Å². The van der Waals surface area contributed by atoms with E-state index in [1.807, 2.05) is 0 Å². The Morgan fingerprint density at radius 3 is 2.44 bits per heavy atom. The molecule has 146 valence electrons. The minimum absolute atomic E-state index is 0.00415. The van der Waals surface area contributed by atoms with Crippen molar-refractivity contribution >= 4 is 5.97 Å². The molecule has 0 aromatic rings. The molecule has 1 aliphatic rings. The molecule has 0 aromatic heterocycles. The van der Waals surface area contributed by atoms with Crippen LogP contribution in [0.4, 0.5) is 0 Å². The third kappa shape index (κ3) is 10.7. The second kappa shape index (κ2) is 14.4. The zero-order valence-corrected chi connectivity index (χ0v) is 17.1. The van der Waals surface area contributed by atoms with Crippen molar-refractivity contribution in [2.45, 2.75) is 117 Å². The summed E-state index contributed by atoms with van der Waals surface area (Å²) in [6.45, 7) is 6.91. The minimum atomic E-state index is -0.00492. The van der Waals surface area contributed by atoms with E-state index in [0.717, 1.165) is 18.8 Å². The van der Waals surface area contributed by atoms with Gasteiger partial charge in [-0.15, -0.1) is 0 Å². The van der Waals surface area contributed by atoms with Crippen LogP contribution in [0.3, 0.4) is 0 Å². The van der Waals surface area contributed by atoms with Gasteiger partial charge in [-0.05, 0) is 50.0 Å². The van der Waals surface area contributed by atoms with Crippen LogP contribution in [0.2, 0.25) is 0 Å². The van der Waals surface area contributed by atoms with Crippen molar-refractivity contribution in [3.8, 4) is 0 Å². The number of hydrogen-bond donors (Lipinski definition) is 0. The molecule has 1 saturated heterocycles. The first-order valence-electron chi connectivity index (χ1n) is 11.0. The number of carbonyl (C=O) groups excluding carboxylic acids is 1. The summed E-state index contributed by atoms with van der Waals surface area (Å²) in [4.78, 5) is 11.9. The first-order chi connectivity index (χ1) is 12.2. The van der Waals surface area contributed by atoms with Gasteiger partial charge in [0.05, 0.1) is 0 Å². The highest BCUT2D eigenvalue weighted by molar-refractivity contribution is 5.69. The van der Waals surface area contributed by atoms with Gasteiger partial charge in [0.15, 0.2) is 0 Å². The molecule has 1 fully saturated rings. The zero-order valence-electron chi connectivity index (χ0n) is 17.1. The minimum Gasteiger partial charge on any atom is -0.458 e. The van der Waals surface area contributed by atoms with Crippen LogP contribution in [-0.2, 0) is 9.53 Å². The van der Waals surface area contributed by atoms with Crippen LogP contribution >= 0.6 is 0 Å². The molecular formula is C23H42O2. The van der Waals surface area contributed by atoms with E-state index in [2.05, 4.69) is 32.9 Å². The molecular weight excluding hydrogens is 308 g/mol. The fraction of sp³-hybridized carbons (Fsp3) is 0.870. The first-order valence-corrected chi connectivity index (χ1v) is 11.0. The Morgan fingerprint density at radius 1 is 1.00 bits per heavy atom. The SMILES string of the molecule is CCCCCC(CCCC)C(C)/C=C/C1CCCCCCCC(=O)O1. The number of allylic oxidation sites excluding steroid dienone is 1. The third-order valence-corrected chi connectivity index (χ3v) is 5.63. The smallest absolute Gasteiger partial charge is 0.306 e. The van der Waals surface area contributed by atoms with Gasteiger partial charge >= 0.3 is 5.97 Å². The molecule has 0 bridgehead atoms. The predicted molar refractivity (Wildman–Crippen MR) is 108 cm³/mol. The number of ether oxygens (including phenoxy) is 1. The Bertz CT molecular complexity index is 361. The van der Waals surface area contributed by atoms with Crippen LogP contribution in [0.5, 0.6) is 0 Å². The van der Waals surface area contributed by atoms with E-state index in [9.17, 15) is 4.79 Å². The van der Waals surface area contributed by atoms with Gasteiger partial charge in [-0.25, -0.2) is 0 Å². The topological polar surface area (TPSA) is 26.3 Å². The van der Waals surface area contributed by atoms with Gasteiger partial charge in [0.25, 0.3) is 0 Å². The Labute approximate surface area is 156 Å². The fourth-order valence-electron chi connectivity index (χ4n) is 3.82. The van der Waals surface area contributed by atoms with Crippen molar-refractivity contribution in [2.24, 2.45) is 11.8 Å². The lowest BCUT2D eigenvalue weighted by Crippen LogP contribution is -2.18. The van der Waals surface area contributed by atoms with Crippen molar-refractivity contribution in [3.05, 3.63) is 12.2 Å². The summed E-state index contributed by atoms with van der Waals surface area (Å²) >= 11 is 0. The highest BCUT2D eigenvalue weighted by atomic mass is 16.5. The molecule has 0 amide bonds. The standard InChI is InChI=1S/C23H42O2/c1-4-6-11-15-21(14-7-5-2)20(3)18-19-22-16-12-9-8-10-13-17-23(24)25-22/h18-22H,4-17H2,1-3H3/b19-18+. The molecule has 2 heteroatoms. The van der Waals surface area contributed by atoms with Gasteiger partial charge in [0, 0.05) is 6.42 Å². The third-order valence-electron chi connectivity index (χ3n) is 5.63. The summed E-state index contributed by atoms with van der Waals surface area (Å²) in [6.07, 6.45) is 21.2. The second-order valence-electron chi connectivity index (χ2n) is 7.98. The largest absolute Gasteiger partial charge is 0.458 e. The summed E-state index contributed by atoms with van der Waals surface area (Å²) in [5, 5.41) is 0. The quantitative estimate of drug-likeness (QED) is 0.236. The highest BCUT2D eigenvalue weighted by Gasteiger charge is 2.17. The zero-order chi connectivity index (χ0) is 18.3. The Morgan fingerprint density at radius 2 is 1.68 bits per heavy atom.